The van der Waals surface area contributed by atoms with E-state index in [4.69, 9.17) is 4.74 Å². The highest BCUT2D eigenvalue weighted by Crippen LogP contribution is 2.23. The predicted molar refractivity (Wildman–Crippen MR) is 80.1 cm³/mol. The smallest absolute Gasteiger partial charge is 0.260 e. The van der Waals surface area contributed by atoms with E-state index >= 15 is 0 Å². The molecule has 1 aromatic carbocycles. The lowest BCUT2D eigenvalue weighted by Gasteiger charge is -2.25. The molecule has 116 valence electrons. The van der Waals surface area contributed by atoms with Crippen molar-refractivity contribution < 1.29 is 13.9 Å². The van der Waals surface area contributed by atoms with Crippen LogP contribution in [0.4, 0.5) is 4.39 Å². The van der Waals surface area contributed by atoms with Gasteiger partial charge in [0.15, 0.2) is 0 Å². The van der Waals surface area contributed by atoms with Crippen molar-refractivity contribution in [2.75, 3.05) is 33.8 Å². The van der Waals surface area contributed by atoms with Gasteiger partial charge in [0.2, 0.25) is 0 Å². The molecule has 1 fully saturated rings. The number of piperidine rings is 1. The molecule has 2 rings (SSSR count). The van der Waals surface area contributed by atoms with E-state index in [9.17, 15) is 9.18 Å². The number of methoxy groups -OCH3 is 1. The van der Waals surface area contributed by atoms with Gasteiger partial charge >= 0.3 is 0 Å². The summed E-state index contributed by atoms with van der Waals surface area (Å²) in [7, 11) is 3.16. The molecule has 0 unspecified atom stereocenters. The van der Waals surface area contributed by atoms with Gasteiger partial charge in [0.25, 0.3) is 5.91 Å². The second-order valence-corrected chi connectivity index (χ2v) is 5.53. The van der Waals surface area contributed by atoms with E-state index in [0.717, 1.165) is 32.4 Å². The van der Waals surface area contributed by atoms with Crippen LogP contribution in [-0.2, 0) is 0 Å². The molecule has 0 atom stereocenters. The third kappa shape index (κ3) is 3.94. The number of hydrogen-bond donors (Lipinski definition) is 1. The third-order valence-electron chi connectivity index (χ3n) is 4.09. The lowest BCUT2D eigenvalue weighted by Crippen LogP contribution is -2.33. The summed E-state index contributed by atoms with van der Waals surface area (Å²) in [6.45, 7) is 2.73. The predicted octanol–water partition coefficient (Wildman–Crippen LogP) is 2.30. The van der Waals surface area contributed by atoms with Gasteiger partial charge in [-0.25, -0.2) is 4.39 Å². The zero-order chi connectivity index (χ0) is 15.2. The molecule has 1 aliphatic heterocycles. The van der Waals surface area contributed by atoms with Crippen LogP contribution in [0, 0.1) is 11.7 Å². The van der Waals surface area contributed by atoms with Crippen LogP contribution in [0.25, 0.3) is 0 Å². The van der Waals surface area contributed by atoms with Crippen LogP contribution in [0.5, 0.6) is 5.75 Å². The highest BCUT2D eigenvalue weighted by molar-refractivity contribution is 5.97. The maximum absolute atomic E-state index is 13.9. The quantitative estimate of drug-likeness (QED) is 0.906. The standard InChI is InChI=1S/C16H23FN2O2/c1-19(11-8-12-6-9-18-10-7-12)16(20)15-13(17)4-3-5-14(15)21-2/h3-5,12,18H,6-11H2,1-2H3. The van der Waals surface area contributed by atoms with Gasteiger partial charge in [-0.2, -0.15) is 0 Å². The Hall–Kier alpha value is -1.62. The van der Waals surface area contributed by atoms with Crippen molar-refractivity contribution in [3.05, 3.63) is 29.6 Å². The third-order valence-corrected chi connectivity index (χ3v) is 4.09. The molecule has 1 aromatic rings. The molecule has 0 aromatic heterocycles. The number of nitrogens with zero attached hydrogens (tertiary/aromatic N) is 1. The van der Waals surface area contributed by atoms with Crippen molar-refractivity contribution in [2.45, 2.75) is 19.3 Å². The fourth-order valence-electron chi connectivity index (χ4n) is 2.72. The van der Waals surface area contributed by atoms with Gasteiger partial charge in [0.05, 0.1) is 7.11 Å². The molecule has 1 N–H and O–H groups in total. The molecule has 21 heavy (non-hydrogen) atoms. The first kappa shape index (κ1) is 15.8. The number of hydrogen-bond acceptors (Lipinski definition) is 3. The van der Waals surface area contributed by atoms with Gasteiger partial charge in [-0.1, -0.05) is 6.07 Å². The Bertz CT molecular complexity index is 487. The summed E-state index contributed by atoms with van der Waals surface area (Å²) >= 11 is 0. The molecule has 0 aliphatic carbocycles. The highest BCUT2D eigenvalue weighted by Gasteiger charge is 2.22. The van der Waals surface area contributed by atoms with Crippen LogP contribution in [0.3, 0.4) is 0 Å². The molecule has 0 spiro atoms. The topological polar surface area (TPSA) is 41.6 Å². The van der Waals surface area contributed by atoms with Crippen LogP contribution in [-0.4, -0.2) is 44.6 Å². The minimum absolute atomic E-state index is 0.0211. The Labute approximate surface area is 125 Å². The van der Waals surface area contributed by atoms with Crippen LogP contribution in [0.15, 0.2) is 18.2 Å². The first-order valence-electron chi connectivity index (χ1n) is 7.42. The average molecular weight is 294 g/mol. The lowest BCUT2D eigenvalue weighted by molar-refractivity contribution is 0.0776. The summed E-state index contributed by atoms with van der Waals surface area (Å²) in [6.07, 6.45) is 3.25. The number of carbonyl (C=O) groups excluding carboxylic acids is 1. The fraction of sp³-hybridized carbons (Fsp3) is 0.562. The summed E-state index contributed by atoms with van der Waals surface area (Å²) in [4.78, 5) is 14.0. The molecule has 1 heterocycles. The van der Waals surface area contributed by atoms with Crippen molar-refractivity contribution in [3.8, 4) is 5.75 Å². The molecular formula is C16H23FN2O2. The van der Waals surface area contributed by atoms with Crippen LogP contribution in [0.2, 0.25) is 0 Å². The Morgan fingerprint density at radius 2 is 2.14 bits per heavy atom. The van der Waals surface area contributed by atoms with Crippen molar-refractivity contribution in [1.29, 1.82) is 0 Å². The molecule has 0 bridgehead atoms. The number of ether oxygens (including phenoxy) is 1. The summed E-state index contributed by atoms with van der Waals surface area (Å²) in [5.74, 6) is 0.0738. The van der Waals surface area contributed by atoms with E-state index in [0.29, 0.717) is 12.5 Å². The summed E-state index contributed by atoms with van der Waals surface area (Å²) in [5.41, 5.74) is 0.0211. The van der Waals surface area contributed by atoms with Gasteiger partial charge in [-0.3, -0.25) is 4.79 Å². The number of rotatable bonds is 5. The number of carbonyl (C=O) groups is 1. The molecule has 0 radical (unpaired) electrons. The van der Waals surface area contributed by atoms with Gasteiger partial charge < -0.3 is 15.0 Å². The number of nitrogens with one attached hydrogen (secondary N) is 1. The molecule has 0 saturated carbocycles. The monoisotopic (exact) mass is 294 g/mol. The Balaban J connectivity index is 1.98. The van der Waals surface area contributed by atoms with Crippen LogP contribution < -0.4 is 10.1 Å². The van der Waals surface area contributed by atoms with Gasteiger partial charge in [0.1, 0.15) is 17.1 Å². The van der Waals surface area contributed by atoms with E-state index in [1.54, 1.807) is 24.1 Å². The number of amides is 1. The largest absolute Gasteiger partial charge is 0.496 e. The summed E-state index contributed by atoms with van der Waals surface area (Å²) < 4.78 is 19.0. The molecule has 4 nitrogen and oxygen atoms in total. The Morgan fingerprint density at radius 1 is 1.43 bits per heavy atom. The zero-order valence-corrected chi connectivity index (χ0v) is 12.7. The average Bonchev–Trinajstić information content (AvgIpc) is 2.52. The van der Waals surface area contributed by atoms with Crippen LogP contribution in [0.1, 0.15) is 29.6 Å². The zero-order valence-electron chi connectivity index (χ0n) is 12.7. The van der Waals surface area contributed by atoms with E-state index in [2.05, 4.69) is 5.32 Å². The van der Waals surface area contributed by atoms with Crippen molar-refractivity contribution in [3.63, 3.8) is 0 Å². The van der Waals surface area contributed by atoms with E-state index in [1.165, 1.54) is 13.2 Å². The first-order chi connectivity index (χ1) is 10.1. The van der Waals surface area contributed by atoms with Gasteiger partial charge in [0, 0.05) is 13.6 Å². The number of benzene rings is 1. The van der Waals surface area contributed by atoms with Crippen molar-refractivity contribution in [2.24, 2.45) is 5.92 Å². The highest BCUT2D eigenvalue weighted by atomic mass is 19.1. The molecule has 1 amide bonds. The molecule has 5 heteroatoms. The van der Waals surface area contributed by atoms with Gasteiger partial charge in [-0.15, -0.1) is 0 Å². The van der Waals surface area contributed by atoms with Gasteiger partial charge in [-0.05, 0) is 50.4 Å². The molecular weight excluding hydrogens is 271 g/mol. The first-order valence-corrected chi connectivity index (χ1v) is 7.42. The Kier molecular flexibility index (Phi) is 5.56. The minimum Gasteiger partial charge on any atom is -0.496 e. The molecule has 1 saturated heterocycles. The Morgan fingerprint density at radius 3 is 2.81 bits per heavy atom. The van der Waals surface area contributed by atoms with E-state index in [-0.39, 0.29) is 17.2 Å². The summed E-state index contributed by atoms with van der Waals surface area (Å²) in [6, 6.07) is 4.44. The SMILES string of the molecule is COc1cccc(F)c1C(=O)N(C)CCC1CCNCC1. The maximum Gasteiger partial charge on any atom is 0.260 e. The maximum atomic E-state index is 13.9. The molecule has 1 aliphatic rings. The van der Waals surface area contributed by atoms with Crippen molar-refractivity contribution >= 4 is 5.91 Å². The van der Waals surface area contributed by atoms with Crippen LogP contribution >= 0.6 is 0 Å². The fourth-order valence-corrected chi connectivity index (χ4v) is 2.72. The minimum atomic E-state index is -0.534. The second kappa shape index (κ2) is 7.41. The summed E-state index contributed by atoms with van der Waals surface area (Å²) in [5, 5.41) is 3.33. The van der Waals surface area contributed by atoms with Crippen molar-refractivity contribution in [1.82, 2.24) is 10.2 Å². The second-order valence-electron chi connectivity index (χ2n) is 5.53. The number of halogens is 1. The van der Waals surface area contributed by atoms with E-state index < -0.39 is 5.82 Å². The lowest BCUT2D eigenvalue weighted by atomic mass is 9.94. The normalized spacial score (nSPS) is 15.8. The van der Waals surface area contributed by atoms with E-state index in [1.807, 2.05) is 0 Å².